The molecule has 0 aliphatic rings. The molecule has 1 aromatic carbocycles. The summed E-state index contributed by atoms with van der Waals surface area (Å²) < 4.78 is 5.53. The highest BCUT2D eigenvalue weighted by atomic mass is 16.5. The van der Waals surface area contributed by atoms with Gasteiger partial charge in [0.15, 0.2) is 0 Å². The maximum atomic E-state index is 9.02. The van der Waals surface area contributed by atoms with E-state index in [1.807, 2.05) is 18.2 Å². The van der Waals surface area contributed by atoms with Gasteiger partial charge in [-0.1, -0.05) is 90.4 Å². The van der Waals surface area contributed by atoms with E-state index in [4.69, 9.17) is 15.3 Å². The molecular formula is C26H38N2O. The summed E-state index contributed by atoms with van der Waals surface area (Å²) in [5, 5.41) is 17.9. The monoisotopic (exact) mass is 394 g/mol. The molecule has 0 amide bonds. The fourth-order valence-corrected chi connectivity index (χ4v) is 3.44. The zero-order valence-corrected chi connectivity index (χ0v) is 18.3. The molecule has 1 aromatic rings. The summed E-state index contributed by atoms with van der Waals surface area (Å²) in [6.45, 7) is 2.28. The minimum Gasteiger partial charge on any atom is -0.465 e. The third-order valence-corrected chi connectivity index (χ3v) is 5.26. The molecule has 0 N–H and O–H groups in total. The molecule has 3 heteroatoms. The Hall–Kier alpha value is -2.26. The van der Waals surface area contributed by atoms with Gasteiger partial charge in [0.2, 0.25) is 0 Å². The number of hydrogen-bond donors (Lipinski definition) is 0. The molecule has 0 aliphatic heterocycles. The lowest BCUT2D eigenvalue weighted by Crippen LogP contribution is -1.87. The van der Waals surface area contributed by atoms with E-state index in [1.165, 1.54) is 89.9 Å². The van der Waals surface area contributed by atoms with Crippen molar-refractivity contribution >= 4 is 0 Å². The molecule has 0 radical (unpaired) electrons. The van der Waals surface area contributed by atoms with Crippen LogP contribution in [0.2, 0.25) is 0 Å². The molecule has 0 saturated heterocycles. The van der Waals surface area contributed by atoms with E-state index >= 15 is 0 Å². The van der Waals surface area contributed by atoms with Gasteiger partial charge < -0.3 is 4.74 Å². The van der Waals surface area contributed by atoms with Crippen LogP contribution in [-0.4, -0.2) is 0 Å². The van der Waals surface area contributed by atoms with Crippen molar-refractivity contribution in [1.29, 1.82) is 10.5 Å². The van der Waals surface area contributed by atoms with Crippen LogP contribution in [-0.2, 0) is 0 Å². The smallest absolute Gasteiger partial charge is 0.127 e. The van der Waals surface area contributed by atoms with Gasteiger partial charge in [-0.15, -0.1) is 0 Å². The molecule has 0 bridgehead atoms. The number of hydrogen-bond acceptors (Lipinski definition) is 3. The van der Waals surface area contributed by atoms with E-state index < -0.39 is 0 Å². The average Bonchev–Trinajstić information content (AvgIpc) is 2.75. The summed E-state index contributed by atoms with van der Waals surface area (Å²) >= 11 is 0. The normalized spacial score (nSPS) is 10.7. The second-order valence-corrected chi connectivity index (χ2v) is 7.81. The maximum absolute atomic E-state index is 9.02. The summed E-state index contributed by atoms with van der Waals surface area (Å²) in [4.78, 5) is 0. The summed E-state index contributed by atoms with van der Waals surface area (Å²) in [5.74, 6) is 0.595. The predicted molar refractivity (Wildman–Crippen MR) is 121 cm³/mol. The van der Waals surface area contributed by atoms with E-state index in [0.717, 1.165) is 6.42 Å². The van der Waals surface area contributed by atoms with Crippen molar-refractivity contribution in [3.8, 4) is 17.9 Å². The Morgan fingerprint density at radius 1 is 0.724 bits per heavy atom. The molecule has 0 fully saturated rings. The molecule has 0 heterocycles. The summed E-state index contributed by atoms with van der Waals surface area (Å²) in [6.07, 6.45) is 24.0. The SMILES string of the molecule is CCCCCCCCCCCCCCCC/C=C/Oc1ccc(C#N)c(C#N)c1. The van der Waals surface area contributed by atoms with E-state index in [-0.39, 0.29) is 0 Å². The van der Waals surface area contributed by atoms with E-state index in [1.54, 1.807) is 24.5 Å². The van der Waals surface area contributed by atoms with Crippen molar-refractivity contribution in [1.82, 2.24) is 0 Å². The minimum atomic E-state index is 0.352. The van der Waals surface area contributed by atoms with Gasteiger partial charge in [0.05, 0.1) is 17.4 Å². The van der Waals surface area contributed by atoms with Gasteiger partial charge in [-0.25, -0.2) is 0 Å². The molecule has 1 rings (SSSR count). The average molecular weight is 395 g/mol. The van der Waals surface area contributed by atoms with Gasteiger partial charge in [-0.3, -0.25) is 0 Å². The number of unbranched alkanes of at least 4 members (excludes halogenated alkanes) is 14. The van der Waals surface area contributed by atoms with Gasteiger partial charge in [-0.2, -0.15) is 10.5 Å². The molecule has 158 valence electrons. The molecule has 0 spiro atoms. The quantitative estimate of drug-likeness (QED) is 0.198. The molecule has 3 nitrogen and oxygen atoms in total. The van der Waals surface area contributed by atoms with Crippen LogP contribution in [0.15, 0.2) is 30.5 Å². The van der Waals surface area contributed by atoms with E-state index in [2.05, 4.69) is 6.92 Å². The molecular weight excluding hydrogens is 356 g/mol. The Balaban J connectivity index is 1.92. The number of allylic oxidation sites excluding steroid dienone is 1. The van der Waals surface area contributed by atoms with Crippen molar-refractivity contribution in [3.63, 3.8) is 0 Å². The van der Waals surface area contributed by atoms with Crippen molar-refractivity contribution in [2.75, 3.05) is 0 Å². The third-order valence-electron chi connectivity index (χ3n) is 5.26. The fourth-order valence-electron chi connectivity index (χ4n) is 3.44. The highest BCUT2D eigenvalue weighted by Gasteiger charge is 2.02. The third kappa shape index (κ3) is 12.7. The lowest BCUT2D eigenvalue weighted by Gasteiger charge is -2.03. The minimum absolute atomic E-state index is 0.352. The highest BCUT2D eigenvalue weighted by molar-refractivity contribution is 5.49. The maximum Gasteiger partial charge on any atom is 0.127 e. The van der Waals surface area contributed by atoms with Crippen molar-refractivity contribution in [3.05, 3.63) is 41.7 Å². The Labute approximate surface area is 178 Å². The summed E-state index contributed by atoms with van der Waals surface area (Å²) in [7, 11) is 0. The van der Waals surface area contributed by atoms with Crippen molar-refractivity contribution < 1.29 is 4.74 Å². The standard InChI is InChI=1S/C26H38N2O/c1-2-3-4-5-6-7-8-9-10-11-12-13-14-15-16-17-20-29-26-19-18-24(22-27)25(21-26)23-28/h17-21H,2-16H2,1H3/b20-17+. The molecule has 29 heavy (non-hydrogen) atoms. The predicted octanol–water partition coefficient (Wildman–Crippen LogP) is 8.19. The second-order valence-electron chi connectivity index (χ2n) is 7.81. The number of nitrogens with zero attached hydrogens (tertiary/aromatic N) is 2. The van der Waals surface area contributed by atoms with Crippen LogP contribution in [0.1, 0.15) is 114 Å². The lowest BCUT2D eigenvalue weighted by atomic mass is 10.0. The van der Waals surface area contributed by atoms with Crippen LogP contribution in [0.3, 0.4) is 0 Å². The molecule has 0 saturated carbocycles. The van der Waals surface area contributed by atoms with Gasteiger partial charge in [0.25, 0.3) is 0 Å². The Bertz CT molecular complexity index is 652. The van der Waals surface area contributed by atoms with Crippen molar-refractivity contribution in [2.45, 2.75) is 103 Å². The van der Waals surface area contributed by atoms with E-state index in [9.17, 15) is 0 Å². The number of rotatable bonds is 17. The fraction of sp³-hybridized carbons (Fsp3) is 0.615. The summed E-state index contributed by atoms with van der Waals surface area (Å²) in [6, 6.07) is 8.97. The first-order valence-electron chi connectivity index (χ1n) is 11.6. The Morgan fingerprint density at radius 3 is 1.76 bits per heavy atom. The van der Waals surface area contributed by atoms with Crippen molar-refractivity contribution in [2.24, 2.45) is 0 Å². The number of benzene rings is 1. The zero-order chi connectivity index (χ0) is 21.0. The topological polar surface area (TPSA) is 56.8 Å². The molecule has 0 atom stereocenters. The Morgan fingerprint density at radius 2 is 1.24 bits per heavy atom. The second kappa shape index (κ2) is 17.8. The van der Waals surface area contributed by atoms with Gasteiger partial charge in [-0.05, 0) is 37.1 Å². The van der Waals surface area contributed by atoms with Crippen LogP contribution >= 0.6 is 0 Å². The molecule has 0 unspecified atom stereocenters. The summed E-state index contributed by atoms with van der Waals surface area (Å²) in [5.41, 5.74) is 0.733. The highest BCUT2D eigenvalue weighted by Crippen LogP contribution is 2.17. The van der Waals surface area contributed by atoms with Crippen LogP contribution < -0.4 is 4.74 Å². The van der Waals surface area contributed by atoms with Crippen LogP contribution in [0.25, 0.3) is 0 Å². The van der Waals surface area contributed by atoms with E-state index in [0.29, 0.717) is 16.9 Å². The van der Waals surface area contributed by atoms with Gasteiger partial charge in [0.1, 0.15) is 17.9 Å². The van der Waals surface area contributed by atoms with Crippen LogP contribution in [0.4, 0.5) is 0 Å². The Kier molecular flexibility index (Phi) is 15.2. The first kappa shape index (κ1) is 24.8. The largest absolute Gasteiger partial charge is 0.465 e. The molecule has 0 aromatic heterocycles. The lowest BCUT2D eigenvalue weighted by molar-refractivity contribution is 0.477. The number of nitriles is 2. The molecule has 0 aliphatic carbocycles. The van der Waals surface area contributed by atoms with Crippen LogP contribution in [0.5, 0.6) is 5.75 Å². The number of ether oxygens (including phenoxy) is 1. The van der Waals surface area contributed by atoms with Gasteiger partial charge in [0, 0.05) is 0 Å². The first-order chi connectivity index (χ1) is 14.3. The van der Waals surface area contributed by atoms with Gasteiger partial charge >= 0.3 is 0 Å². The zero-order valence-electron chi connectivity index (χ0n) is 18.3. The van der Waals surface area contributed by atoms with Crippen LogP contribution in [0, 0.1) is 22.7 Å². The first-order valence-corrected chi connectivity index (χ1v) is 11.6.